The third-order valence-electron chi connectivity index (χ3n) is 2.88. The number of carbonyl (C=O) groups is 1. The molecule has 0 atom stereocenters. The average Bonchev–Trinajstić information content (AvgIpc) is 2.47. The van der Waals surface area contributed by atoms with Crippen molar-refractivity contribution >= 4 is 29.1 Å². The Kier molecular flexibility index (Phi) is 5.62. The standard InChI is InChI=1S/C16H16ClNOS/c1-2-4-12-6-8-13(9-7-12)15(19)11-20-16-14(17)5-3-10-18-16/h3,5-10H,2,4,11H2,1H3. The molecule has 1 heterocycles. The molecule has 2 aromatic rings. The number of halogens is 1. The van der Waals surface area contributed by atoms with Crippen LogP contribution in [0.1, 0.15) is 29.3 Å². The predicted molar refractivity (Wildman–Crippen MR) is 84.7 cm³/mol. The van der Waals surface area contributed by atoms with Crippen molar-refractivity contribution in [2.24, 2.45) is 0 Å². The van der Waals surface area contributed by atoms with Gasteiger partial charge in [0, 0.05) is 11.8 Å². The number of pyridine rings is 1. The number of carbonyl (C=O) groups excluding carboxylic acids is 1. The maximum Gasteiger partial charge on any atom is 0.173 e. The average molecular weight is 306 g/mol. The van der Waals surface area contributed by atoms with Crippen molar-refractivity contribution in [3.8, 4) is 0 Å². The van der Waals surface area contributed by atoms with Crippen LogP contribution in [0.25, 0.3) is 0 Å². The molecule has 0 aliphatic rings. The molecule has 4 heteroatoms. The van der Waals surface area contributed by atoms with E-state index in [-0.39, 0.29) is 5.78 Å². The number of nitrogens with zero attached hydrogens (tertiary/aromatic N) is 1. The van der Waals surface area contributed by atoms with Crippen molar-refractivity contribution in [3.05, 3.63) is 58.7 Å². The van der Waals surface area contributed by atoms with E-state index in [2.05, 4.69) is 11.9 Å². The van der Waals surface area contributed by atoms with E-state index in [1.54, 1.807) is 18.3 Å². The highest BCUT2D eigenvalue weighted by atomic mass is 35.5. The van der Waals surface area contributed by atoms with Gasteiger partial charge in [-0.05, 0) is 24.1 Å². The molecule has 0 aliphatic carbocycles. The van der Waals surface area contributed by atoms with Gasteiger partial charge < -0.3 is 0 Å². The molecular formula is C16H16ClNOS. The lowest BCUT2D eigenvalue weighted by Crippen LogP contribution is -2.02. The fourth-order valence-electron chi connectivity index (χ4n) is 1.84. The van der Waals surface area contributed by atoms with E-state index in [0.29, 0.717) is 15.8 Å². The van der Waals surface area contributed by atoms with Gasteiger partial charge in [0.2, 0.25) is 0 Å². The van der Waals surface area contributed by atoms with Gasteiger partial charge in [0.15, 0.2) is 5.78 Å². The van der Waals surface area contributed by atoms with Crippen LogP contribution in [-0.4, -0.2) is 16.5 Å². The smallest absolute Gasteiger partial charge is 0.173 e. The van der Waals surface area contributed by atoms with E-state index in [0.717, 1.165) is 18.4 Å². The third-order valence-corrected chi connectivity index (χ3v) is 4.30. The van der Waals surface area contributed by atoms with Crippen LogP contribution in [0, 0.1) is 0 Å². The van der Waals surface area contributed by atoms with Gasteiger partial charge in [-0.15, -0.1) is 0 Å². The lowest BCUT2D eigenvalue weighted by atomic mass is 10.1. The summed E-state index contributed by atoms with van der Waals surface area (Å²) in [5.74, 6) is 0.448. The minimum Gasteiger partial charge on any atom is -0.293 e. The minimum absolute atomic E-state index is 0.0970. The van der Waals surface area contributed by atoms with E-state index < -0.39 is 0 Å². The molecule has 0 bridgehead atoms. The molecule has 0 saturated heterocycles. The quantitative estimate of drug-likeness (QED) is 0.574. The molecule has 1 aromatic heterocycles. The Morgan fingerprint density at radius 1 is 1.25 bits per heavy atom. The second kappa shape index (κ2) is 7.46. The lowest BCUT2D eigenvalue weighted by molar-refractivity contribution is 0.102. The molecule has 2 nitrogen and oxygen atoms in total. The Bertz CT molecular complexity index is 583. The molecule has 2 rings (SSSR count). The summed E-state index contributed by atoms with van der Waals surface area (Å²) >= 11 is 7.39. The van der Waals surface area contributed by atoms with Gasteiger partial charge >= 0.3 is 0 Å². The molecular weight excluding hydrogens is 290 g/mol. The number of rotatable bonds is 6. The molecule has 0 spiro atoms. The van der Waals surface area contributed by atoms with Gasteiger partial charge in [-0.2, -0.15) is 0 Å². The fraction of sp³-hybridized carbons (Fsp3) is 0.250. The minimum atomic E-state index is 0.0970. The van der Waals surface area contributed by atoms with Crippen molar-refractivity contribution in [3.63, 3.8) is 0 Å². The number of Topliss-reactive ketones (excluding diaryl/α,β-unsaturated/α-hetero) is 1. The van der Waals surface area contributed by atoms with E-state index >= 15 is 0 Å². The molecule has 1 aromatic carbocycles. The lowest BCUT2D eigenvalue weighted by Gasteiger charge is -2.04. The molecule has 0 radical (unpaired) electrons. The van der Waals surface area contributed by atoms with Gasteiger partial charge in [0.25, 0.3) is 0 Å². The first-order valence-corrected chi connectivity index (χ1v) is 7.92. The van der Waals surface area contributed by atoms with Crippen LogP contribution in [-0.2, 0) is 6.42 Å². The summed E-state index contributed by atoms with van der Waals surface area (Å²) in [7, 11) is 0. The number of ketones is 1. The fourth-order valence-corrected chi connectivity index (χ4v) is 2.90. The van der Waals surface area contributed by atoms with Crippen LogP contribution in [0.3, 0.4) is 0 Å². The number of aromatic nitrogens is 1. The van der Waals surface area contributed by atoms with Crippen molar-refractivity contribution < 1.29 is 4.79 Å². The van der Waals surface area contributed by atoms with E-state index in [4.69, 9.17) is 11.6 Å². The van der Waals surface area contributed by atoms with Crippen LogP contribution in [0.15, 0.2) is 47.6 Å². The Labute approximate surface area is 128 Å². The van der Waals surface area contributed by atoms with Gasteiger partial charge in [-0.25, -0.2) is 4.98 Å². The zero-order chi connectivity index (χ0) is 14.4. The number of hydrogen-bond acceptors (Lipinski definition) is 3. The topological polar surface area (TPSA) is 30.0 Å². The molecule has 0 fully saturated rings. The van der Waals surface area contributed by atoms with Crippen LogP contribution in [0.5, 0.6) is 0 Å². The highest BCUT2D eigenvalue weighted by Crippen LogP contribution is 2.24. The van der Waals surface area contributed by atoms with Gasteiger partial charge in [-0.3, -0.25) is 4.79 Å². The normalized spacial score (nSPS) is 10.5. The number of hydrogen-bond donors (Lipinski definition) is 0. The first kappa shape index (κ1) is 15.1. The molecule has 0 amide bonds. The first-order valence-electron chi connectivity index (χ1n) is 6.56. The van der Waals surface area contributed by atoms with Gasteiger partial charge in [-0.1, -0.05) is 61.0 Å². The van der Waals surface area contributed by atoms with E-state index in [1.165, 1.54) is 17.3 Å². The summed E-state index contributed by atoms with van der Waals surface area (Å²) in [6, 6.07) is 11.4. The molecule has 0 unspecified atom stereocenters. The second-order valence-electron chi connectivity index (χ2n) is 4.45. The molecule has 0 aliphatic heterocycles. The zero-order valence-electron chi connectivity index (χ0n) is 11.3. The van der Waals surface area contributed by atoms with Gasteiger partial charge in [0.1, 0.15) is 5.03 Å². The number of aryl methyl sites for hydroxylation is 1. The van der Waals surface area contributed by atoms with Crippen molar-refractivity contribution in [2.75, 3.05) is 5.75 Å². The maximum atomic E-state index is 12.1. The van der Waals surface area contributed by atoms with Crippen molar-refractivity contribution in [1.29, 1.82) is 0 Å². The predicted octanol–water partition coefficient (Wildman–Crippen LogP) is 4.66. The van der Waals surface area contributed by atoms with Crippen LogP contribution in [0.2, 0.25) is 5.02 Å². The van der Waals surface area contributed by atoms with Gasteiger partial charge in [0.05, 0.1) is 10.8 Å². The summed E-state index contributed by atoms with van der Waals surface area (Å²) in [5, 5.41) is 1.29. The van der Waals surface area contributed by atoms with E-state index in [1.807, 2.05) is 24.3 Å². The third kappa shape index (κ3) is 4.09. The zero-order valence-corrected chi connectivity index (χ0v) is 12.9. The Balaban J connectivity index is 1.96. The SMILES string of the molecule is CCCc1ccc(C(=O)CSc2ncccc2Cl)cc1. The number of benzene rings is 1. The summed E-state index contributed by atoms with van der Waals surface area (Å²) < 4.78 is 0. The summed E-state index contributed by atoms with van der Waals surface area (Å²) in [4.78, 5) is 16.3. The highest BCUT2D eigenvalue weighted by molar-refractivity contribution is 8.00. The largest absolute Gasteiger partial charge is 0.293 e. The monoisotopic (exact) mass is 305 g/mol. The van der Waals surface area contributed by atoms with Crippen LogP contribution < -0.4 is 0 Å². The molecule has 0 N–H and O–H groups in total. The van der Waals surface area contributed by atoms with Crippen molar-refractivity contribution in [1.82, 2.24) is 4.98 Å². The van der Waals surface area contributed by atoms with E-state index in [9.17, 15) is 4.79 Å². The second-order valence-corrected chi connectivity index (χ2v) is 5.82. The van der Waals surface area contributed by atoms with Crippen LogP contribution in [0.4, 0.5) is 0 Å². The molecule has 104 valence electrons. The van der Waals surface area contributed by atoms with Crippen LogP contribution >= 0.6 is 23.4 Å². The first-order chi connectivity index (χ1) is 9.70. The Morgan fingerprint density at radius 2 is 2.00 bits per heavy atom. The van der Waals surface area contributed by atoms with Crippen molar-refractivity contribution in [2.45, 2.75) is 24.8 Å². The maximum absolute atomic E-state index is 12.1. The summed E-state index contributed by atoms with van der Waals surface area (Å²) in [6.45, 7) is 2.15. The Hall–Kier alpha value is -1.32. The number of thioether (sulfide) groups is 1. The molecule has 20 heavy (non-hydrogen) atoms. The summed E-state index contributed by atoms with van der Waals surface area (Å²) in [6.07, 6.45) is 3.84. The Morgan fingerprint density at radius 3 is 2.65 bits per heavy atom. The summed E-state index contributed by atoms with van der Waals surface area (Å²) in [5.41, 5.74) is 2.01. The molecule has 0 saturated carbocycles. The highest BCUT2D eigenvalue weighted by Gasteiger charge is 2.09.